The van der Waals surface area contributed by atoms with Crippen LogP contribution in [-0.4, -0.2) is 29.4 Å². The summed E-state index contributed by atoms with van der Waals surface area (Å²) in [6.07, 6.45) is 0.261. The van der Waals surface area contributed by atoms with Gasteiger partial charge in [0.15, 0.2) is 5.78 Å². The Labute approximate surface area is 115 Å². The van der Waals surface area contributed by atoms with Crippen molar-refractivity contribution in [1.29, 1.82) is 0 Å². The Morgan fingerprint density at radius 1 is 1.39 bits per heavy atom. The van der Waals surface area contributed by atoms with Gasteiger partial charge < -0.3 is 10.4 Å². The molecule has 0 saturated heterocycles. The number of amides is 1. The molecule has 0 fully saturated rings. The van der Waals surface area contributed by atoms with E-state index in [2.05, 4.69) is 5.32 Å². The van der Waals surface area contributed by atoms with Crippen LogP contribution in [0.2, 0.25) is 10.0 Å². The summed E-state index contributed by atoms with van der Waals surface area (Å²) in [5.74, 6) is -0.803. The molecule has 1 rings (SSSR count). The van der Waals surface area contributed by atoms with Crippen molar-refractivity contribution in [3.63, 3.8) is 0 Å². The van der Waals surface area contributed by atoms with Gasteiger partial charge in [-0.25, -0.2) is 0 Å². The maximum Gasteiger partial charge on any atom is 0.246 e. The summed E-state index contributed by atoms with van der Waals surface area (Å²) >= 11 is 11.8. The number of aliphatic hydroxyl groups is 1. The summed E-state index contributed by atoms with van der Waals surface area (Å²) in [6, 6.07) is 4.23. The minimum Gasteiger partial charge on any atom is -0.387 e. The van der Waals surface area contributed by atoms with Gasteiger partial charge in [0, 0.05) is 16.5 Å². The van der Waals surface area contributed by atoms with E-state index in [0.29, 0.717) is 15.6 Å². The summed E-state index contributed by atoms with van der Waals surface area (Å²) in [4.78, 5) is 22.5. The highest BCUT2D eigenvalue weighted by molar-refractivity contribution is 6.35. The summed E-state index contributed by atoms with van der Waals surface area (Å²) in [5, 5.41) is 12.0. The SMILES string of the molecule is CC(=O)[C@@H](Cc1ccc(Cl)cc1Cl)NC(=O)CO. The second kappa shape index (κ2) is 6.73. The van der Waals surface area contributed by atoms with Crippen LogP contribution in [0.3, 0.4) is 0 Å². The molecule has 18 heavy (non-hydrogen) atoms. The van der Waals surface area contributed by atoms with Gasteiger partial charge in [-0.2, -0.15) is 0 Å². The number of carbonyl (C=O) groups excluding carboxylic acids is 2. The van der Waals surface area contributed by atoms with Crippen LogP contribution < -0.4 is 5.32 Å². The Kier molecular flexibility index (Phi) is 5.59. The lowest BCUT2D eigenvalue weighted by molar-refractivity contribution is -0.128. The highest BCUT2D eigenvalue weighted by Gasteiger charge is 2.18. The second-order valence-corrected chi connectivity index (χ2v) is 4.67. The Bertz CT molecular complexity index is 463. The first-order valence-electron chi connectivity index (χ1n) is 5.28. The van der Waals surface area contributed by atoms with Crippen LogP contribution in [0.15, 0.2) is 18.2 Å². The lowest BCUT2D eigenvalue weighted by Gasteiger charge is -2.16. The van der Waals surface area contributed by atoms with Gasteiger partial charge in [0.05, 0.1) is 6.04 Å². The topological polar surface area (TPSA) is 66.4 Å². The van der Waals surface area contributed by atoms with Gasteiger partial charge in [-0.05, 0) is 24.6 Å². The number of carbonyl (C=O) groups is 2. The average Bonchev–Trinajstić information content (AvgIpc) is 2.30. The van der Waals surface area contributed by atoms with Gasteiger partial charge in [0.1, 0.15) is 6.61 Å². The van der Waals surface area contributed by atoms with E-state index in [4.69, 9.17) is 28.3 Å². The van der Waals surface area contributed by atoms with Gasteiger partial charge in [-0.1, -0.05) is 29.3 Å². The minimum atomic E-state index is -0.705. The number of Topliss-reactive ketones (excluding diaryl/α,β-unsaturated/α-hetero) is 1. The van der Waals surface area contributed by atoms with E-state index in [9.17, 15) is 9.59 Å². The zero-order chi connectivity index (χ0) is 13.7. The summed E-state index contributed by atoms with van der Waals surface area (Å²) in [6.45, 7) is 0.713. The zero-order valence-corrected chi connectivity index (χ0v) is 11.3. The van der Waals surface area contributed by atoms with Crippen LogP contribution in [0.4, 0.5) is 0 Å². The molecule has 6 heteroatoms. The maximum atomic E-state index is 11.4. The number of halogens is 2. The standard InChI is InChI=1S/C12H13Cl2NO3/c1-7(17)11(15-12(18)6-16)4-8-2-3-9(13)5-10(8)14/h2-3,5,11,16H,4,6H2,1H3,(H,15,18)/t11-/m1/s1. The molecule has 0 radical (unpaired) electrons. The Morgan fingerprint density at radius 3 is 2.56 bits per heavy atom. The maximum absolute atomic E-state index is 11.4. The van der Waals surface area contributed by atoms with Gasteiger partial charge in [0.25, 0.3) is 0 Å². The first-order valence-corrected chi connectivity index (χ1v) is 6.04. The predicted molar refractivity (Wildman–Crippen MR) is 69.9 cm³/mol. The third-order valence-corrected chi connectivity index (χ3v) is 3.00. The van der Waals surface area contributed by atoms with Crippen LogP contribution in [0.5, 0.6) is 0 Å². The summed E-state index contributed by atoms with van der Waals surface area (Å²) in [5.41, 5.74) is 0.708. The molecular formula is C12H13Cl2NO3. The van der Waals surface area contributed by atoms with Crippen molar-refractivity contribution in [2.75, 3.05) is 6.61 Å². The van der Waals surface area contributed by atoms with Crippen molar-refractivity contribution >= 4 is 34.9 Å². The molecular weight excluding hydrogens is 277 g/mol. The summed E-state index contributed by atoms with van der Waals surface area (Å²) in [7, 11) is 0. The highest BCUT2D eigenvalue weighted by atomic mass is 35.5. The third-order valence-electron chi connectivity index (χ3n) is 2.41. The predicted octanol–water partition coefficient (Wildman–Crippen LogP) is 1.60. The number of benzene rings is 1. The smallest absolute Gasteiger partial charge is 0.246 e. The van der Waals surface area contributed by atoms with Crippen LogP contribution in [0.1, 0.15) is 12.5 Å². The normalized spacial score (nSPS) is 12.0. The van der Waals surface area contributed by atoms with Crippen LogP contribution in [-0.2, 0) is 16.0 Å². The molecule has 0 spiro atoms. The van der Waals surface area contributed by atoms with Crippen molar-refractivity contribution in [3.05, 3.63) is 33.8 Å². The highest BCUT2D eigenvalue weighted by Crippen LogP contribution is 2.22. The molecule has 0 unspecified atom stereocenters. The molecule has 1 atom stereocenters. The van der Waals surface area contributed by atoms with E-state index in [0.717, 1.165) is 0 Å². The molecule has 0 aliphatic carbocycles. The molecule has 0 bridgehead atoms. The Morgan fingerprint density at radius 2 is 2.06 bits per heavy atom. The molecule has 1 aromatic carbocycles. The molecule has 0 aliphatic heterocycles. The van der Waals surface area contributed by atoms with Crippen molar-refractivity contribution in [2.24, 2.45) is 0 Å². The van der Waals surface area contributed by atoms with Crippen molar-refractivity contribution in [1.82, 2.24) is 5.32 Å². The van der Waals surface area contributed by atoms with Crippen LogP contribution in [0.25, 0.3) is 0 Å². The number of ketones is 1. The number of rotatable bonds is 5. The van der Waals surface area contributed by atoms with E-state index in [-0.39, 0.29) is 12.2 Å². The Hall–Kier alpha value is -1.10. The summed E-state index contributed by atoms with van der Waals surface area (Å²) < 4.78 is 0. The number of aliphatic hydroxyl groups excluding tert-OH is 1. The van der Waals surface area contributed by atoms with Gasteiger partial charge >= 0.3 is 0 Å². The molecule has 0 aromatic heterocycles. The quantitative estimate of drug-likeness (QED) is 0.865. The van der Waals surface area contributed by atoms with Gasteiger partial charge in [-0.3, -0.25) is 9.59 Å². The molecule has 1 amide bonds. The second-order valence-electron chi connectivity index (χ2n) is 3.83. The van der Waals surface area contributed by atoms with Crippen molar-refractivity contribution < 1.29 is 14.7 Å². The lowest BCUT2D eigenvalue weighted by Crippen LogP contribution is -2.42. The minimum absolute atomic E-state index is 0.206. The molecule has 0 heterocycles. The average molecular weight is 290 g/mol. The molecule has 4 nitrogen and oxygen atoms in total. The first kappa shape index (κ1) is 15.0. The fourth-order valence-electron chi connectivity index (χ4n) is 1.44. The van der Waals surface area contributed by atoms with Crippen molar-refractivity contribution in [2.45, 2.75) is 19.4 Å². The molecule has 1 aromatic rings. The third kappa shape index (κ3) is 4.29. The fraction of sp³-hybridized carbons (Fsp3) is 0.333. The molecule has 2 N–H and O–H groups in total. The first-order chi connectivity index (χ1) is 8.43. The monoisotopic (exact) mass is 289 g/mol. The van der Waals surface area contributed by atoms with Crippen LogP contribution in [0, 0.1) is 0 Å². The van der Waals surface area contributed by atoms with Crippen molar-refractivity contribution in [3.8, 4) is 0 Å². The number of nitrogens with one attached hydrogen (secondary N) is 1. The van der Waals surface area contributed by atoms with Gasteiger partial charge in [0.2, 0.25) is 5.91 Å². The molecule has 98 valence electrons. The fourth-order valence-corrected chi connectivity index (χ4v) is 1.93. The number of hydrogen-bond donors (Lipinski definition) is 2. The Balaban J connectivity index is 2.83. The van der Waals surface area contributed by atoms with E-state index in [1.807, 2.05) is 0 Å². The largest absolute Gasteiger partial charge is 0.387 e. The van der Waals surface area contributed by atoms with Gasteiger partial charge in [-0.15, -0.1) is 0 Å². The lowest BCUT2D eigenvalue weighted by atomic mass is 10.0. The van der Waals surface area contributed by atoms with E-state index in [1.165, 1.54) is 6.92 Å². The molecule has 0 saturated carbocycles. The number of hydrogen-bond acceptors (Lipinski definition) is 3. The van der Waals surface area contributed by atoms with E-state index < -0.39 is 18.6 Å². The van der Waals surface area contributed by atoms with E-state index >= 15 is 0 Å². The molecule has 0 aliphatic rings. The zero-order valence-electron chi connectivity index (χ0n) is 9.74. The van der Waals surface area contributed by atoms with Crippen LogP contribution >= 0.6 is 23.2 Å². The van der Waals surface area contributed by atoms with E-state index in [1.54, 1.807) is 18.2 Å².